The van der Waals surface area contributed by atoms with Crippen molar-refractivity contribution in [1.82, 2.24) is 24.7 Å². The fourth-order valence-electron chi connectivity index (χ4n) is 1.66. The Labute approximate surface area is 108 Å². The van der Waals surface area contributed by atoms with Gasteiger partial charge in [-0.2, -0.15) is 5.10 Å². The first-order chi connectivity index (χ1) is 8.83. The van der Waals surface area contributed by atoms with Crippen LogP contribution in [0, 0.1) is 0 Å². The zero-order valence-electron chi connectivity index (χ0n) is 9.82. The molecule has 6 heteroatoms. The van der Waals surface area contributed by atoms with Gasteiger partial charge in [0.15, 0.2) is 5.16 Å². The number of benzene rings is 1. The summed E-state index contributed by atoms with van der Waals surface area (Å²) in [6.07, 6.45) is 4.98. The maximum absolute atomic E-state index is 4.30. The van der Waals surface area contributed by atoms with Crippen molar-refractivity contribution < 1.29 is 0 Å². The zero-order chi connectivity index (χ0) is 12.4. The molecular weight excluding hydrogens is 246 g/mol. The second kappa shape index (κ2) is 4.73. The minimum Gasteiger partial charge on any atom is -0.253 e. The van der Waals surface area contributed by atoms with Gasteiger partial charge >= 0.3 is 0 Å². The molecule has 0 radical (unpaired) electrons. The normalized spacial score (nSPS) is 10.9. The van der Waals surface area contributed by atoms with Crippen LogP contribution < -0.4 is 0 Å². The van der Waals surface area contributed by atoms with Crippen LogP contribution >= 0.6 is 11.8 Å². The molecule has 0 aliphatic carbocycles. The minimum atomic E-state index is 0.846. The van der Waals surface area contributed by atoms with E-state index in [1.165, 1.54) is 5.56 Å². The fraction of sp³-hybridized carbons (Fsp3) is 0.167. The lowest BCUT2D eigenvalue weighted by atomic mass is 10.2. The smallest absolute Gasteiger partial charge is 0.186 e. The van der Waals surface area contributed by atoms with Crippen LogP contribution in [0.3, 0.4) is 0 Å². The monoisotopic (exact) mass is 257 g/mol. The van der Waals surface area contributed by atoms with Gasteiger partial charge in [0.2, 0.25) is 0 Å². The van der Waals surface area contributed by atoms with Crippen molar-refractivity contribution >= 4 is 22.8 Å². The summed E-state index contributed by atoms with van der Waals surface area (Å²) in [5, 5.41) is 4.95. The standard InChI is InChI=1S/C12H11N5S/c1-17-12(15-8-16-17)18-7-9-2-3-10-11(6-9)14-5-4-13-10/h2-6,8H,7H2,1H3. The molecule has 0 bridgehead atoms. The molecule has 0 N–H and O–H groups in total. The van der Waals surface area contributed by atoms with Crippen molar-refractivity contribution in [3.8, 4) is 0 Å². The summed E-state index contributed by atoms with van der Waals surface area (Å²) in [4.78, 5) is 12.7. The van der Waals surface area contributed by atoms with E-state index in [0.717, 1.165) is 21.9 Å². The molecule has 3 aromatic rings. The number of hydrogen-bond acceptors (Lipinski definition) is 5. The van der Waals surface area contributed by atoms with Crippen molar-refractivity contribution in [2.24, 2.45) is 7.05 Å². The first-order valence-corrected chi connectivity index (χ1v) is 6.48. The van der Waals surface area contributed by atoms with Gasteiger partial charge in [0, 0.05) is 25.2 Å². The topological polar surface area (TPSA) is 56.5 Å². The quantitative estimate of drug-likeness (QED) is 0.672. The predicted molar refractivity (Wildman–Crippen MR) is 70.1 cm³/mol. The molecule has 0 aliphatic heterocycles. The average Bonchev–Trinajstić information content (AvgIpc) is 2.82. The van der Waals surface area contributed by atoms with Gasteiger partial charge in [0.05, 0.1) is 11.0 Å². The molecule has 0 fully saturated rings. The summed E-state index contributed by atoms with van der Waals surface area (Å²) >= 11 is 1.66. The maximum Gasteiger partial charge on any atom is 0.186 e. The van der Waals surface area contributed by atoms with Gasteiger partial charge in [0.1, 0.15) is 6.33 Å². The Morgan fingerprint density at radius 1 is 1.11 bits per heavy atom. The van der Waals surface area contributed by atoms with Gasteiger partial charge < -0.3 is 0 Å². The van der Waals surface area contributed by atoms with Crippen LogP contribution in [0.15, 0.2) is 42.1 Å². The number of aromatic nitrogens is 5. The molecule has 90 valence electrons. The molecule has 5 nitrogen and oxygen atoms in total. The van der Waals surface area contributed by atoms with Gasteiger partial charge in [-0.25, -0.2) is 9.67 Å². The molecule has 1 aromatic carbocycles. The lowest BCUT2D eigenvalue weighted by molar-refractivity contribution is 0.685. The first kappa shape index (κ1) is 11.2. The van der Waals surface area contributed by atoms with Crippen molar-refractivity contribution in [1.29, 1.82) is 0 Å². The number of aryl methyl sites for hydroxylation is 1. The van der Waals surface area contributed by atoms with Crippen LogP contribution in [0.4, 0.5) is 0 Å². The Balaban J connectivity index is 1.81. The molecule has 0 unspecified atom stereocenters. The second-order valence-corrected chi connectivity index (χ2v) is 4.78. The maximum atomic E-state index is 4.30. The number of fused-ring (bicyclic) bond motifs is 1. The van der Waals surface area contributed by atoms with Crippen molar-refractivity contribution in [3.63, 3.8) is 0 Å². The highest BCUT2D eigenvalue weighted by molar-refractivity contribution is 7.98. The van der Waals surface area contributed by atoms with Crippen LogP contribution in [0.5, 0.6) is 0 Å². The molecule has 2 heterocycles. The van der Waals surface area contributed by atoms with Crippen LogP contribution in [0.2, 0.25) is 0 Å². The Morgan fingerprint density at radius 3 is 2.72 bits per heavy atom. The van der Waals surface area contributed by atoms with Crippen molar-refractivity contribution in [3.05, 3.63) is 42.5 Å². The summed E-state index contributed by atoms with van der Waals surface area (Å²) < 4.78 is 1.77. The van der Waals surface area contributed by atoms with Gasteiger partial charge in [-0.3, -0.25) is 9.97 Å². The summed E-state index contributed by atoms with van der Waals surface area (Å²) in [5.41, 5.74) is 3.05. The molecule has 3 rings (SSSR count). The molecule has 0 saturated carbocycles. The molecular formula is C12H11N5S. The SMILES string of the molecule is Cn1ncnc1SCc1ccc2nccnc2c1. The fourth-order valence-corrected chi connectivity index (χ4v) is 2.49. The van der Waals surface area contributed by atoms with E-state index < -0.39 is 0 Å². The molecule has 0 saturated heterocycles. The largest absolute Gasteiger partial charge is 0.253 e. The molecule has 0 atom stereocenters. The molecule has 2 aromatic heterocycles. The highest BCUT2D eigenvalue weighted by Gasteiger charge is 2.03. The summed E-state index contributed by atoms with van der Waals surface area (Å²) in [6, 6.07) is 6.13. The van der Waals surface area contributed by atoms with Gasteiger partial charge in [0.25, 0.3) is 0 Å². The highest BCUT2D eigenvalue weighted by atomic mass is 32.2. The van der Waals surface area contributed by atoms with Crippen LogP contribution in [0.25, 0.3) is 11.0 Å². The first-order valence-electron chi connectivity index (χ1n) is 5.49. The number of nitrogens with zero attached hydrogens (tertiary/aromatic N) is 5. The number of thioether (sulfide) groups is 1. The van der Waals surface area contributed by atoms with Gasteiger partial charge in [-0.1, -0.05) is 17.8 Å². The van der Waals surface area contributed by atoms with E-state index >= 15 is 0 Å². The van der Waals surface area contributed by atoms with E-state index in [-0.39, 0.29) is 0 Å². The van der Waals surface area contributed by atoms with E-state index in [4.69, 9.17) is 0 Å². The number of rotatable bonds is 3. The van der Waals surface area contributed by atoms with Crippen molar-refractivity contribution in [2.45, 2.75) is 10.9 Å². The third-order valence-electron chi connectivity index (χ3n) is 2.57. The molecule has 0 spiro atoms. The number of hydrogen-bond donors (Lipinski definition) is 0. The summed E-state index contributed by atoms with van der Waals surface area (Å²) in [7, 11) is 1.89. The van der Waals surface area contributed by atoms with Gasteiger partial charge in [-0.05, 0) is 17.7 Å². The van der Waals surface area contributed by atoms with E-state index in [1.807, 2.05) is 13.1 Å². The van der Waals surface area contributed by atoms with Crippen molar-refractivity contribution in [2.75, 3.05) is 0 Å². The zero-order valence-corrected chi connectivity index (χ0v) is 10.6. The van der Waals surface area contributed by atoms with Gasteiger partial charge in [-0.15, -0.1) is 0 Å². The second-order valence-electron chi connectivity index (χ2n) is 3.83. The average molecular weight is 257 g/mol. The van der Waals surface area contributed by atoms with E-state index in [0.29, 0.717) is 0 Å². The summed E-state index contributed by atoms with van der Waals surface area (Å²) in [5.74, 6) is 0.846. The lowest BCUT2D eigenvalue weighted by Gasteiger charge is -2.02. The van der Waals surface area contributed by atoms with Crippen LogP contribution in [-0.4, -0.2) is 24.7 Å². The predicted octanol–water partition coefficient (Wildman–Crippen LogP) is 2.05. The Hall–Kier alpha value is -1.95. The Kier molecular flexibility index (Phi) is 2.93. The third-order valence-corrected chi connectivity index (χ3v) is 3.68. The minimum absolute atomic E-state index is 0.846. The van der Waals surface area contributed by atoms with E-state index in [9.17, 15) is 0 Å². The summed E-state index contributed by atoms with van der Waals surface area (Å²) in [6.45, 7) is 0. The van der Waals surface area contributed by atoms with Crippen LogP contribution in [-0.2, 0) is 12.8 Å². The molecule has 18 heavy (non-hydrogen) atoms. The lowest BCUT2D eigenvalue weighted by Crippen LogP contribution is -1.93. The third kappa shape index (κ3) is 2.19. The molecule has 0 aliphatic rings. The Bertz CT molecular complexity index is 679. The van der Waals surface area contributed by atoms with E-state index in [2.05, 4.69) is 32.2 Å². The van der Waals surface area contributed by atoms with E-state index in [1.54, 1.807) is 35.2 Å². The Morgan fingerprint density at radius 2 is 1.94 bits per heavy atom. The highest BCUT2D eigenvalue weighted by Crippen LogP contribution is 2.21. The molecule has 0 amide bonds. The van der Waals surface area contributed by atoms with Crippen LogP contribution in [0.1, 0.15) is 5.56 Å².